The Morgan fingerprint density at radius 1 is 1.04 bits per heavy atom. The van der Waals surface area contributed by atoms with Crippen molar-refractivity contribution in [3.63, 3.8) is 0 Å². The number of ketones is 1. The molecular weight excluding hydrogens is 378 g/mol. The SMILES string of the molecule is CCOc1ccc(C(C)=O)cc1CSCC(=O)Nc1ccc(OC)cc1OC. The van der Waals surface area contributed by atoms with Gasteiger partial charge < -0.3 is 19.5 Å². The van der Waals surface area contributed by atoms with Crippen molar-refractivity contribution >= 4 is 29.1 Å². The van der Waals surface area contributed by atoms with E-state index in [1.165, 1.54) is 25.8 Å². The summed E-state index contributed by atoms with van der Waals surface area (Å²) in [6.07, 6.45) is 0. The molecule has 0 unspecified atom stereocenters. The van der Waals surface area contributed by atoms with Gasteiger partial charge in [-0.3, -0.25) is 9.59 Å². The number of amides is 1. The third-order valence-electron chi connectivity index (χ3n) is 3.94. The van der Waals surface area contributed by atoms with Gasteiger partial charge in [0.1, 0.15) is 17.2 Å². The minimum absolute atomic E-state index is 0.00126. The maximum absolute atomic E-state index is 12.3. The molecule has 6 nitrogen and oxygen atoms in total. The number of methoxy groups -OCH3 is 2. The third kappa shape index (κ3) is 5.92. The molecule has 0 aliphatic heterocycles. The van der Waals surface area contributed by atoms with Crippen molar-refractivity contribution in [2.75, 3.05) is 31.9 Å². The molecule has 0 aliphatic rings. The fraction of sp³-hybridized carbons (Fsp3) is 0.333. The number of carbonyl (C=O) groups excluding carboxylic acids is 2. The molecule has 2 aromatic carbocycles. The van der Waals surface area contributed by atoms with Gasteiger partial charge in [-0.25, -0.2) is 0 Å². The van der Waals surface area contributed by atoms with E-state index in [0.717, 1.165) is 11.3 Å². The highest BCUT2D eigenvalue weighted by molar-refractivity contribution is 7.99. The van der Waals surface area contributed by atoms with Crippen LogP contribution in [0.4, 0.5) is 5.69 Å². The summed E-state index contributed by atoms with van der Waals surface area (Å²) in [4.78, 5) is 23.9. The number of Topliss-reactive ketones (excluding diaryl/α,β-unsaturated/α-hetero) is 1. The average Bonchev–Trinajstić information content (AvgIpc) is 2.69. The molecular formula is C21H25NO5S. The summed E-state index contributed by atoms with van der Waals surface area (Å²) in [7, 11) is 3.11. The van der Waals surface area contributed by atoms with E-state index in [2.05, 4.69) is 5.32 Å². The van der Waals surface area contributed by atoms with Gasteiger partial charge in [-0.05, 0) is 44.2 Å². The molecule has 0 heterocycles. The van der Waals surface area contributed by atoms with E-state index in [1.54, 1.807) is 37.4 Å². The van der Waals surface area contributed by atoms with Gasteiger partial charge in [-0.2, -0.15) is 0 Å². The number of ether oxygens (including phenoxy) is 3. The Morgan fingerprint density at radius 2 is 1.82 bits per heavy atom. The molecule has 0 aliphatic carbocycles. The molecule has 0 radical (unpaired) electrons. The Labute approximate surface area is 169 Å². The van der Waals surface area contributed by atoms with Crippen LogP contribution in [0.2, 0.25) is 0 Å². The monoisotopic (exact) mass is 403 g/mol. The standard InChI is InChI=1S/C21H25NO5S/c1-5-27-19-9-6-15(14(2)23)10-16(19)12-28-13-21(24)22-18-8-7-17(25-3)11-20(18)26-4/h6-11H,5,12-13H2,1-4H3,(H,22,24). The number of nitrogens with one attached hydrogen (secondary N) is 1. The first kappa shape index (κ1) is 21.6. The lowest BCUT2D eigenvalue weighted by atomic mass is 10.1. The van der Waals surface area contributed by atoms with Crippen LogP contribution in [-0.2, 0) is 10.5 Å². The number of hydrogen-bond donors (Lipinski definition) is 1. The van der Waals surface area contributed by atoms with Gasteiger partial charge in [0.15, 0.2) is 5.78 Å². The highest BCUT2D eigenvalue weighted by Gasteiger charge is 2.11. The van der Waals surface area contributed by atoms with Gasteiger partial charge in [0.05, 0.1) is 32.3 Å². The first-order valence-electron chi connectivity index (χ1n) is 8.84. The minimum atomic E-state index is -0.144. The van der Waals surface area contributed by atoms with Crippen LogP contribution in [-0.4, -0.2) is 38.3 Å². The van der Waals surface area contributed by atoms with Crippen LogP contribution in [0, 0.1) is 0 Å². The molecule has 2 rings (SSSR count). The molecule has 1 N–H and O–H groups in total. The van der Waals surface area contributed by atoms with Crippen LogP contribution < -0.4 is 19.5 Å². The largest absolute Gasteiger partial charge is 0.497 e. The van der Waals surface area contributed by atoms with Crippen LogP contribution in [0.1, 0.15) is 29.8 Å². The van der Waals surface area contributed by atoms with E-state index in [0.29, 0.717) is 35.1 Å². The van der Waals surface area contributed by atoms with Gasteiger partial charge in [-0.1, -0.05) is 0 Å². The topological polar surface area (TPSA) is 73.9 Å². The molecule has 7 heteroatoms. The fourth-order valence-corrected chi connectivity index (χ4v) is 3.35. The lowest BCUT2D eigenvalue weighted by Gasteiger charge is -2.13. The van der Waals surface area contributed by atoms with Gasteiger partial charge in [0, 0.05) is 22.9 Å². The lowest BCUT2D eigenvalue weighted by Crippen LogP contribution is -2.15. The zero-order chi connectivity index (χ0) is 20.5. The molecule has 0 fully saturated rings. The maximum atomic E-state index is 12.3. The van der Waals surface area contributed by atoms with E-state index in [-0.39, 0.29) is 17.4 Å². The number of hydrogen-bond acceptors (Lipinski definition) is 6. The Hall–Kier alpha value is -2.67. The van der Waals surface area contributed by atoms with Crippen molar-refractivity contribution in [1.29, 1.82) is 0 Å². The molecule has 0 saturated heterocycles. The second kappa shape index (κ2) is 10.6. The van der Waals surface area contributed by atoms with Gasteiger partial charge in [-0.15, -0.1) is 11.8 Å². The fourth-order valence-electron chi connectivity index (χ4n) is 2.55. The van der Waals surface area contributed by atoms with Crippen molar-refractivity contribution in [3.05, 3.63) is 47.5 Å². The molecule has 1 amide bonds. The first-order chi connectivity index (χ1) is 13.5. The van der Waals surface area contributed by atoms with E-state index in [9.17, 15) is 9.59 Å². The summed E-state index contributed by atoms with van der Waals surface area (Å²) >= 11 is 1.45. The number of thioether (sulfide) groups is 1. The predicted octanol–water partition coefficient (Wildman–Crippen LogP) is 4.18. The summed E-state index contributed by atoms with van der Waals surface area (Å²) in [5, 5.41) is 2.84. The highest BCUT2D eigenvalue weighted by atomic mass is 32.2. The van der Waals surface area contributed by atoms with Crippen molar-refractivity contribution < 1.29 is 23.8 Å². The van der Waals surface area contributed by atoms with Gasteiger partial charge in [0.2, 0.25) is 5.91 Å². The molecule has 28 heavy (non-hydrogen) atoms. The second-order valence-electron chi connectivity index (χ2n) is 5.92. The zero-order valence-corrected chi connectivity index (χ0v) is 17.4. The number of anilines is 1. The second-order valence-corrected chi connectivity index (χ2v) is 6.90. The minimum Gasteiger partial charge on any atom is -0.497 e. The maximum Gasteiger partial charge on any atom is 0.234 e. The average molecular weight is 404 g/mol. The van der Waals surface area contributed by atoms with E-state index >= 15 is 0 Å². The summed E-state index contributed by atoms with van der Waals surface area (Å²) in [6.45, 7) is 3.97. The van der Waals surface area contributed by atoms with Crippen LogP contribution in [0.3, 0.4) is 0 Å². The zero-order valence-electron chi connectivity index (χ0n) is 16.5. The highest BCUT2D eigenvalue weighted by Crippen LogP contribution is 2.29. The Balaban J connectivity index is 1.98. The third-order valence-corrected chi connectivity index (χ3v) is 4.92. The van der Waals surface area contributed by atoms with Gasteiger partial charge >= 0.3 is 0 Å². The normalized spacial score (nSPS) is 10.3. The summed E-state index contributed by atoms with van der Waals surface area (Å²) in [6, 6.07) is 10.6. The first-order valence-corrected chi connectivity index (χ1v) is 10.00. The van der Waals surface area contributed by atoms with Crippen LogP contribution in [0.25, 0.3) is 0 Å². The van der Waals surface area contributed by atoms with Crippen LogP contribution in [0.5, 0.6) is 17.2 Å². The molecule has 2 aromatic rings. The van der Waals surface area contributed by atoms with E-state index in [4.69, 9.17) is 14.2 Å². The summed E-state index contributed by atoms with van der Waals surface area (Å²) < 4.78 is 16.1. The number of rotatable bonds is 10. The van der Waals surface area contributed by atoms with E-state index in [1.807, 2.05) is 13.0 Å². The molecule has 150 valence electrons. The van der Waals surface area contributed by atoms with Crippen molar-refractivity contribution in [3.8, 4) is 17.2 Å². The van der Waals surface area contributed by atoms with Crippen molar-refractivity contribution in [1.82, 2.24) is 0 Å². The smallest absolute Gasteiger partial charge is 0.234 e. The Bertz CT molecular complexity index is 838. The van der Waals surface area contributed by atoms with Crippen molar-refractivity contribution in [2.24, 2.45) is 0 Å². The summed E-state index contributed by atoms with van der Waals surface area (Å²) in [5.41, 5.74) is 2.11. The quantitative estimate of drug-likeness (QED) is 0.600. The number of carbonyl (C=O) groups is 2. The lowest BCUT2D eigenvalue weighted by molar-refractivity contribution is -0.113. The Morgan fingerprint density at radius 3 is 2.46 bits per heavy atom. The number of benzene rings is 2. The molecule has 0 aromatic heterocycles. The van der Waals surface area contributed by atoms with E-state index < -0.39 is 0 Å². The molecule has 0 bridgehead atoms. The van der Waals surface area contributed by atoms with Crippen molar-refractivity contribution in [2.45, 2.75) is 19.6 Å². The van der Waals surface area contributed by atoms with Crippen LogP contribution >= 0.6 is 11.8 Å². The van der Waals surface area contributed by atoms with Crippen LogP contribution in [0.15, 0.2) is 36.4 Å². The predicted molar refractivity (Wildman–Crippen MR) is 112 cm³/mol. The Kier molecular flexibility index (Phi) is 8.19. The molecule has 0 saturated carbocycles. The molecule has 0 spiro atoms. The van der Waals surface area contributed by atoms with Gasteiger partial charge in [0.25, 0.3) is 0 Å². The molecule has 0 atom stereocenters. The summed E-state index contributed by atoms with van der Waals surface area (Å²) in [5.74, 6) is 2.59.